The van der Waals surface area contributed by atoms with E-state index in [-0.39, 0.29) is 0 Å². The smallest absolute Gasteiger partial charge is 0.163 e. The van der Waals surface area contributed by atoms with E-state index in [9.17, 15) is 0 Å². The fourth-order valence-electron chi connectivity index (χ4n) is 1.64. The molecular formula is C10H15N5S. The molecule has 0 aromatic carbocycles. The van der Waals surface area contributed by atoms with Crippen molar-refractivity contribution in [3.05, 3.63) is 11.5 Å². The predicted octanol–water partition coefficient (Wildman–Crippen LogP) is 1.78. The lowest BCUT2D eigenvalue weighted by Crippen LogP contribution is -1.97. The van der Waals surface area contributed by atoms with Crippen molar-refractivity contribution in [2.45, 2.75) is 26.7 Å². The van der Waals surface area contributed by atoms with Crippen LogP contribution in [0.15, 0.2) is 0 Å². The summed E-state index contributed by atoms with van der Waals surface area (Å²) in [5.41, 5.74) is 7.74. The number of nitrogens with two attached hydrogens (primary N) is 1. The molecule has 2 rings (SSSR count). The fraction of sp³-hybridized carbons (Fsp3) is 0.500. The van der Waals surface area contributed by atoms with Crippen molar-refractivity contribution in [2.75, 3.05) is 5.73 Å². The number of rotatable bonds is 3. The molecule has 0 radical (unpaired) electrons. The van der Waals surface area contributed by atoms with Crippen LogP contribution in [-0.2, 0) is 13.5 Å². The van der Waals surface area contributed by atoms with Gasteiger partial charge < -0.3 is 5.73 Å². The van der Waals surface area contributed by atoms with E-state index in [1.165, 1.54) is 11.5 Å². The molecule has 0 unspecified atom stereocenters. The van der Waals surface area contributed by atoms with Crippen LogP contribution in [0.4, 0.5) is 5.00 Å². The third-order valence-corrected chi connectivity index (χ3v) is 3.16. The summed E-state index contributed by atoms with van der Waals surface area (Å²) < 4.78 is 6.00. The van der Waals surface area contributed by atoms with Crippen LogP contribution >= 0.6 is 11.5 Å². The van der Waals surface area contributed by atoms with E-state index in [4.69, 9.17) is 5.73 Å². The highest BCUT2D eigenvalue weighted by atomic mass is 32.1. The monoisotopic (exact) mass is 237 g/mol. The molecule has 16 heavy (non-hydrogen) atoms. The van der Waals surface area contributed by atoms with Gasteiger partial charge in [-0.2, -0.15) is 9.47 Å². The molecular weight excluding hydrogens is 222 g/mol. The first kappa shape index (κ1) is 11.1. The Bertz CT molecular complexity index is 480. The summed E-state index contributed by atoms with van der Waals surface area (Å²) in [7, 11) is 1.89. The van der Waals surface area contributed by atoms with E-state index < -0.39 is 0 Å². The van der Waals surface area contributed by atoms with Gasteiger partial charge in [-0.3, -0.25) is 0 Å². The van der Waals surface area contributed by atoms with Gasteiger partial charge in [0, 0.05) is 13.5 Å². The lowest BCUT2D eigenvalue weighted by Gasteiger charge is -1.98. The van der Waals surface area contributed by atoms with Crippen molar-refractivity contribution in [2.24, 2.45) is 7.05 Å². The molecule has 0 amide bonds. The molecule has 5 nitrogen and oxygen atoms in total. The number of nitrogen functional groups attached to an aromatic ring is 1. The van der Waals surface area contributed by atoms with E-state index >= 15 is 0 Å². The molecule has 0 aliphatic heterocycles. The van der Waals surface area contributed by atoms with Gasteiger partial charge in [-0.1, -0.05) is 6.92 Å². The van der Waals surface area contributed by atoms with Crippen molar-refractivity contribution in [1.29, 1.82) is 0 Å². The number of anilines is 1. The summed E-state index contributed by atoms with van der Waals surface area (Å²) in [5.74, 6) is 1.68. The van der Waals surface area contributed by atoms with Gasteiger partial charge in [0.1, 0.15) is 5.00 Å². The number of hydrogen-bond donors (Lipinski definition) is 1. The summed E-state index contributed by atoms with van der Waals surface area (Å²) >= 11 is 1.30. The Morgan fingerprint density at radius 3 is 2.75 bits per heavy atom. The predicted molar refractivity (Wildman–Crippen MR) is 65.3 cm³/mol. The molecule has 0 saturated carbocycles. The van der Waals surface area contributed by atoms with Crippen LogP contribution in [0.2, 0.25) is 0 Å². The number of aryl methyl sites for hydroxylation is 3. The molecule has 0 aliphatic carbocycles. The molecule has 2 N–H and O–H groups in total. The van der Waals surface area contributed by atoms with E-state index in [1.807, 2.05) is 14.0 Å². The van der Waals surface area contributed by atoms with Crippen LogP contribution in [0.5, 0.6) is 0 Å². The largest absolute Gasteiger partial charge is 0.389 e. The van der Waals surface area contributed by atoms with Crippen molar-refractivity contribution in [1.82, 2.24) is 19.1 Å². The fourth-order valence-corrected chi connectivity index (χ4v) is 2.30. The topological polar surface area (TPSA) is 69.6 Å². The summed E-state index contributed by atoms with van der Waals surface area (Å²) in [6.07, 6.45) is 1.93. The normalized spacial score (nSPS) is 10.9. The number of nitrogens with zero attached hydrogens (tertiary/aromatic N) is 4. The van der Waals surface area contributed by atoms with Gasteiger partial charge in [0.05, 0.1) is 11.3 Å². The van der Waals surface area contributed by atoms with Crippen molar-refractivity contribution < 1.29 is 0 Å². The first-order chi connectivity index (χ1) is 7.63. The van der Waals surface area contributed by atoms with Gasteiger partial charge in [0.25, 0.3) is 0 Å². The highest BCUT2D eigenvalue weighted by Crippen LogP contribution is 2.30. The van der Waals surface area contributed by atoms with Crippen molar-refractivity contribution in [3.63, 3.8) is 0 Å². The maximum absolute atomic E-state index is 5.90. The Hall–Kier alpha value is -1.43. The number of hydrogen-bond acceptors (Lipinski definition) is 5. The van der Waals surface area contributed by atoms with Crippen molar-refractivity contribution in [3.8, 4) is 11.4 Å². The molecule has 2 aromatic heterocycles. The highest BCUT2D eigenvalue weighted by molar-refractivity contribution is 7.10. The quantitative estimate of drug-likeness (QED) is 0.883. The molecule has 0 spiro atoms. The van der Waals surface area contributed by atoms with Crippen LogP contribution in [0, 0.1) is 6.92 Å². The Kier molecular flexibility index (Phi) is 2.91. The zero-order valence-corrected chi connectivity index (χ0v) is 10.5. The van der Waals surface area contributed by atoms with E-state index in [0.29, 0.717) is 5.00 Å². The van der Waals surface area contributed by atoms with Crippen LogP contribution in [0.25, 0.3) is 11.4 Å². The third kappa shape index (κ3) is 1.80. The zero-order chi connectivity index (χ0) is 11.7. The van der Waals surface area contributed by atoms with Gasteiger partial charge in [-0.05, 0) is 24.9 Å². The maximum Gasteiger partial charge on any atom is 0.163 e. The molecule has 0 atom stereocenters. The second-order valence-corrected chi connectivity index (χ2v) is 4.54. The Balaban J connectivity index is 2.48. The minimum atomic E-state index is 0.705. The molecule has 2 heterocycles. The summed E-state index contributed by atoms with van der Waals surface area (Å²) in [4.78, 5) is 4.50. The van der Waals surface area contributed by atoms with E-state index in [2.05, 4.69) is 21.4 Å². The first-order valence-corrected chi connectivity index (χ1v) is 6.02. The molecule has 0 fully saturated rings. The van der Waals surface area contributed by atoms with Gasteiger partial charge in [-0.25, -0.2) is 9.67 Å². The molecule has 0 saturated heterocycles. The Labute approximate surface area is 98.5 Å². The summed E-state index contributed by atoms with van der Waals surface area (Å²) in [6, 6.07) is 0. The lowest BCUT2D eigenvalue weighted by atomic mass is 10.2. The SMILES string of the molecule is CCCc1nc(-c2c(C)nsc2N)n(C)n1. The van der Waals surface area contributed by atoms with Crippen LogP contribution in [-0.4, -0.2) is 19.1 Å². The second-order valence-electron chi connectivity index (χ2n) is 3.73. The number of aromatic nitrogens is 4. The second kappa shape index (κ2) is 4.21. The Morgan fingerprint density at radius 2 is 2.19 bits per heavy atom. The lowest BCUT2D eigenvalue weighted by molar-refractivity contribution is 0.737. The Morgan fingerprint density at radius 1 is 1.44 bits per heavy atom. The minimum Gasteiger partial charge on any atom is -0.389 e. The minimum absolute atomic E-state index is 0.705. The van der Waals surface area contributed by atoms with Crippen LogP contribution in [0.3, 0.4) is 0 Å². The highest BCUT2D eigenvalue weighted by Gasteiger charge is 2.16. The van der Waals surface area contributed by atoms with Gasteiger partial charge in [0.2, 0.25) is 0 Å². The average Bonchev–Trinajstić information content (AvgIpc) is 2.72. The first-order valence-electron chi connectivity index (χ1n) is 5.25. The standard InChI is InChI=1S/C10H15N5S/c1-4-5-7-12-10(15(3)13-7)8-6(2)14-16-9(8)11/h4-5,11H2,1-3H3. The average molecular weight is 237 g/mol. The molecule has 2 aromatic rings. The van der Waals surface area contributed by atoms with E-state index in [1.54, 1.807) is 4.68 Å². The maximum atomic E-state index is 5.90. The van der Waals surface area contributed by atoms with E-state index in [0.717, 1.165) is 35.7 Å². The van der Waals surface area contributed by atoms with Crippen LogP contribution in [0.1, 0.15) is 24.9 Å². The summed E-state index contributed by atoms with van der Waals surface area (Å²) in [6.45, 7) is 4.05. The molecule has 86 valence electrons. The molecule has 0 aliphatic rings. The van der Waals surface area contributed by atoms with Gasteiger partial charge in [-0.15, -0.1) is 0 Å². The van der Waals surface area contributed by atoms with Crippen molar-refractivity contribution >= 4 is 16.5 Å². The molecule has 0 bridgehead atoms. The van der Waals surface area contributed by atoms with Gasteiger partial charge in [0.15, 0.2) is 11.6 Å². The zero-order valence-electron chi connectivity index (χ0n) is 9.69. The van der Waals surface area contributed by atoms with Gasteiger partial charge >= 0.3 is 0 Å². The van der Waals surface area contributed by atoms with Crippen LogP contribution < -0.4 is 5.73 Å². The third-order valence-electron chi connectivity index (χ3n) is 2.39. The molecule has 6 heteroatoms. The summed E-state index contributed by atoms with van der Waals surface area (Å²) in [5, 5.41) is 5.07.